The predicted molar refractivity (Wildman–Crippen MR) is 106 cm³/mol. The molecule has 1 saturated heterocycles. The zero-order valence-corrected chi connectivity index (χ0v) is 16.2. The molecule has 1 aliphatic rings. The van der Waals surface area contributed by atoms with Crippen molar-refractivity contribution < 1.29 is 18.4 Å². The van der Waals surface area contributed by atoms with Crippen molar-refractivity contribution in [3.63, 3.8) is 0 Å². The van der Waals surface area contributed by atoms with Crippen LogP contribution in [-0.2, 0) is 10.0 Å². The summed E-state index contributed by atoms with van der Waals surface area (Å²) in [6.07, 6.45) is 3.01. The fourth-order valence-electron chi connectivity index (χ4n) is 2.98. The third-order valence-corrected chi connectivity index (χ3v) is 6.70. The fourth-order valence-corrected chi connectivity index (χ4v) is 4.45. The third-order valence-electron chi connectivity index (χ3n) is 4.79. The van der Waals surface area contributed by atoms with Crippen molar-refractivity contribution in [1.29, 1.82) is 0 Å². The molecule has 1 heterocycles. The smallest absolute Gasteiger partial charge is 0.270 e. The number of phenolic OH excluding ortho intramolecular Hbond substituents is 1. The molecule has 0 atom stereocenters. The van der Waals surface area contributed by atoms with E-state index in [1.807, 2.05) is 0 Å². The van der Waals surface area contributed by atoms with E-state index in [1.165, 1.54) is 40.9 Å². The quantitative estimate of drug-likeness (QED) is 0.466. The summed E-state index contributed by atoms with van der Waals surface area (Å²) in [5.41, 5.74) is 0.516. The zero-order valence-electron chi connectivity index (χ0n) is 15.4. The number of rotatable bonds is 5. The van der Waals surface area contributed by atoms with Crippen molar-refractivity contribution in [2.24, 2.45) is 10.9 Å². The van der Waals surface area contributed by atoms with E-state index < -0.39 is 14.9 Å². The summed E-state index contributed by atoms with van der Waals surface area (Å²) in [7, 11) is -3.52. The molecular weight excluding hydrogens is 382 g/mol. The maximum absolute atomic E-state index is 12.7. The van der Waals surface area contributed by atoms with Gasteiger partial charge in [0.1, 0.15) is 5.75 Å². The fraction of sp³-hybridized carbons (Fsp3) is 0.316. The van der Waals surface area contributed by atoms with Gasteiger partial charge in [-0.2, -0.15) is 4.31 Å². The second kappa shape index (κ2) is 8.07. The summed E-state index contributed by atoms with van der Waals surface area (Å²) in [6, 6.07) is 9.76. The predicted octanol–water partition coefficient (Wildman–Crippen LogP) is 3.47. The Bertz CT molecular complexity index is 995. The molecule has 28 heavy (non-hydrogen) atoms. The molecule has 2 aromatic rings. The molecule has 0 amide bonds. The van der Waals surface area contributed by atoms with E-state index >= 15 is 0 Å². The number of phenols is 1. The summed E-state index contributed by atoms with van der Waals surface area (Å²) in [6.45, 7) is 3.17. The highest BCUT2D eigenvalue weighted by molar-refractivity contribution is 7.89. The Morgan fingerprint density at radius 2 is 1.82 bits per heavy atom. The molecule has 0 spiro atoms. The summed E-state index contributed by atoms with van der Waals surface area (Å²) >= 11 is 0. The van der Waals surface area contributed by atoms with E-state index in [2.05, 4.69) is 11.9 Å². The van der Waals surface area contributed by atoms with Crippen LogP contribution in [0.15, 0.2) is 52.4 Å². The van der Waals surface area contributed by atoms with Gasteiger partial charge in [0.05, 0.1) is 15.5 Å². The van der Waals surface area contributed by atoms with Gasteiger partial charge in [-0.05, 0) is 49.1 Å². The van der Waals surface area contributed by atoms with E-state index in [1.54, 1.807) is 12.1 Å². The zero-order chi connectivity index (χ0) is 20.3. The standard InChI is InChI=1S/C19H21N3O5S/c1-14-8-10-21(11-9-14)28(26,27)18-5-2-16(3-6-18)20-13-15-12-17(22(24)25)4-7-19(15)23/h2-7,12-14,23H,8-11H2,1H3. The van der Waals surface area contributed by atoms with Crippen LogP contribution in [-0.4, -0.2) is 42.1 Å². The molecule has 1 aliphatic heterocycles. The van der Waals surface area contributed by atoms with Gasteiger partial charge in [0, 0.05) is 37.0 Å². The van der Waals surface area contributed by atoms with Gasteiger partial charge < -0.3 is 5.11 Å². The topological polar surface area (TPSA) is 113 Å². The van der Waals surface area contributed by atoms with Gasteiger partial charge in [-0.25, -0.2) is 8.42 Å². The van der Waals surface area contributed by atoms with Crippen molar-refractivity contribution in [1.82, 2.24) is 4.31 Å². The summed E-state index contributed by atoms with van der Waals surface area (Å²) in [4.78, 5) is 14.7. The van der Waals surface area contributed by atoms with Crippen molar-refractivity contribution in [2.45, 2.75) is 24.7 Å². The number of aromatic hydroxyl groups is 1. The average molecular weight is 403 g/mol. The van der Waals surface area contributed by atoms with Crippen molar-refractivity contribution in [3.8, 4) is 5.75 Å². The highest BCUT2D eigenvalue weighted by Crippen LogP contribution is 2.26. The molecule has 0 saturated carbocycles. The van der Waals surface area contributed by atoms with Gasteiger partial charge in [0.15, 0.2) is 0 Å². The number of piperidine rings is 1. The molecule has 2 aromatic carbocycles. The molecule has 1 N–H and O–H groups in total. The molecule has 3 rings (SSSR count). The molecule has 0 aromatic heterocycles. The largest absolute Gasteiger partial charge is 0.507 e. The Morgan fingerprint density at radius 3 is 2.43 bits per heavy atom. The van der Waals surface area contributed by atoms with Crippen molar-refractivity contribution >= 4 is 27.6 Å². The number of aliphatic imine (C=N–C) groups is 1. The number of hydrogen-bond acceptors (Lipinski definition) is 6. The Hall–Kier alpha value is -2.78. The van der Waals surface area contributed by atoms with E-state index in [9.17, 15) is 23.6 Å². The van der Waals surface area contributed by atoms with Crippen molar-refractivity contribution in [2.75, 3.05) is 13.1 Å². The lowest BCUT2D eigenvalue weighted by molar-refractivity contribution is -0.384. The van der Waals surface area contributed by atoms with Gasteiger partial charge in [0.2, 0.25) is 10.0 Å². The lowest BCUT2D eigenvalue weighted by Crippen LogP contribution is -2.37. The molecule has 148 valence electrons. The summed E-state index contributed by atoms with van der Waals surface area (Å²) in [5.74, 6) is 0.404. The van der Waals surface area contributed by atoms with E-state index in [4.69, 9.17) is 0 Å². The average Bonchev–Trinajstić information content (AvgIpc) is 2.68. The molecule has 1 fully saturated rings. The van der Waals surface area contributed by atoms with Crippen LogP contribution in [0.3, 0.4) is 0 Å². The first-order chi connectivity index (χ1) is 13.3. The minimum absolute atomic E-state index is 0.132. The SMILES string of the molecule is CC1CCN(S(=O)(=O)c2ccc(N=Cc3cc([N+](=O)[O-])ccc3O)cc2)CC1. The third kappa shape index (κ3) is 4.37. The second-order valence-corrected chi connectivity index (χ2v) is 8.78. The van der Waals surface area contributed by atoms with Crippen LogP contribution >= 0.6 is 0 Å². The lowest BCUT2D eigenvalue weighted by Gasteiger charge is -2.29. The molecule has 8 nitrogen and oxygen atoms in total. The number of hydrogen-bond donors (Lipinski definition) is 1. The van der Waals surface area contributed by atoms with E-state index in [0.717, 1.165) is 12.8 Å². The van der Waals surface area contributed by atoms with E-state index in [0.29, 0.717) is 24.7 Å². The molecule has 0 radical (unpaired) electrons. The Balaban J connectivity index is 1.77. The number of nitrogens with zero attached hydrogens (tertiary/aromatic N) is 3. The van der Waals surface area contributed by atoms with Crippen LogP contribution < -0.4 is 0 Å². The Labute approximate surface area is 163 Å². The monoisotopic (exact) mass is 403 g/mol. The molecule has 0 aliphatic carbocycles. The normalized spacial score (nSPS) is 16.5. The van der Waals surface area contributed by atoms with Crippen molar-refractivity contribution in [3.05, 3.63) is 58.1 Å². The van der Waals surface area contributed by atoms with Gasteiger partial charge in [-0.15, -0.1) is 0 Å². The Kier molecular flexibility index (Phi) is 5.76. The minimum Gasteiger partial charge on any atom is -0.507 e. The lowest BCUT2D eigenvalue weighted by atomic mass is 10.0. The number of non-ortho nitro benzene ring substituents is 1. The highest BCUT2D eigenvalue weighted by Gasteiger charge is 2.27. The highest BCUT2D eigenvalue weighted by atomic mass is 32.2. The van der Waals surface area contributed by atoms with Crippen LogP contribution in [0.4, 0.5) is 11.4 Å². The van der Waals surface area contributed by atoms with Gasteiger partial charge in [-0.1, -0.05) is 6.92 Å². The maximum Gasteiger partial charge on any atom is 0.270 e. The first-order valence-electron chi connectivity index (χ1n) is 8.89. The number of nitro benzene ring substituents is 1. The minimum atomic E-state index is -3.52. The number of benzene rings is 2. The van der Waals surface area contributed by atoms with Crippen LogP contribution in [0.5, 0.6) is 5.75 Å². The maximum atomic E-state index is 12.7. The van der Waals surface area contributed by atoms with Gasteiger partial charge in [0.25, 0.3) is 5.69 Å². The molecular formula is C19H21N3O5S. The summed E-state index contributed by atoms with van der Waals surface area (Å²) in [5, 5.41) is 20.6. The van der Waals surface area contributed by atoms with Crippen LogP contribution in [0.25, 0.3) is 0 Å². The Morgan fingerprint density at radius 1 is 1.18 bits per heavy atom. The second-order valence-electron chi connectivity index (χ2n) is 6.84. The summed E-state index contributed by atoms with van der Waals surface area (Å²) < 4.78 is 26.9. The number of sulfonamides is 1. The molecule has 0 unspecified atom stereocenters. The van der Waals surface area contributed by atoms with Crippen LogP contribution in [0.1, 0.15) is 25.3 Å². The number of nitro groups is 1. The van der Waals surface area contributed by atoms with Gasteiger partial charge >= 0.3 is 0 Å². The molecule has 0 bridgehead atoms. The first-order valence-corrected chi connectivity index (χ1v) is 10.3. The first kappa shape index (κ1) is 20.0. The van der Waals surface area contributed by atoms with E-state index in [-0.39, 0.29) is 21.9 Å². The van der Waals surface area contributed by atoms with Crippen LogP contribution in [0.2, 0.25) is 0 Å². The molecule has 9 heteroatoms. The van der Waals surface area contributed by atoms with Crippen LogP contribution in [0, 0.1) is 16.0 Å². The van der Waals surface area contributed by atoms with Gasteiger partial charge in [-0.3, -0.25) is 15.1 Å².